The third kappa shape index (κ3) is 2.57. The first-order chi connectivity index (χ1) is 13.9. The predicted molar refractivity (Wildman–Crippen MR) is 105 cm³/mol. The number of ketones is 1. The first-order valence-electron chi connectivity index (χ1n) is 9.41. The van der Waals surface area contributed by atoms with Crippen LogP contribution in [0.1, 0.15) is 13.8 Å². The number of hydrogen-bond donors (Lipinski definition) is 0. The molecule has 2 saturated heterocycles. The third-order valence-electron chi connectivity index (χ3n) is 5.59. The van der Waals surface area contributed by atoms with E-state index in [4.69, 9.17) is 4.74 Å². The average molecular weight is 392 g/mol. The van der Waals surface area contributed by atoms with E-state index in [0.29, 0.717) is 11.4 Å². The summed E-state index contributed by atoms with van der Waals surface area (Å²) in [7, 11) is 0. The Morgan fingerprint density at radius 1 is 0.966 bits per heavy atom. The molecule has 0 N–H and O–H groups in total. The summed E-state index contributed by atoms with van der Waals surface area (Å²) in [5.41, 5.74) is -0.724. The summed E-state index contributed by atoms with van der Waals surface area (Å²) in [5, 5.41) is 0. The maximum absolute atomic E-state index is 13.6. The summed E-state index contributed by atoms with van der Waals surface area (Å²) in [5.74, 6) is -3.91. The highest BCUT2D eigenvalue weighted by Gasteiger charge is 2.71. The van der Waals surface area contributed by atoms with Gasteiger partial charge in [-0.1, -0.05) is 36.4 Å². The van der Waals surface area contributed by atoms with Crippen LogP contribution in [-0.4, -0.2) is 41.8 Å². The summed E-state index contributed by atoms with van der Waals surface area (Å²) >= 11 is 0. The smallest absolute Gasteiger partial charge is 0.333 e. The van der Waals surface area contributed by atoms with Crippen LogP contribution in [0.4, 0.5) is 11.4 Å². The first kappa shape index (κ1) is 18.9. The number of Topliss-reactive ketones (excluding diaryl/α,β-unsaturated/α-hetero) is 1. The fourth-order valence-electron chi connectivity index (χ4n) is 4.32. The van der Waals surface area contributed by atoms with Crippen molar-refractivity contribution in [3.63, 3.8) is 0 Å². The largest absolute Gasteiger partial charge is 0.464 e. The molecular formula is C22H20N2O5. The molecule has 0 aromatic heterocycles. The highest BCUT2D eigenvalue weighted by molar-refractivity contribution is 6.48. The van der Waals surface area contributed by atoms with Gasteiger partial charge in [-0.3, -0.25) is 24.2 Å². The monoisotopic (exact) mass is 392 g/mol. The summed E-state index contributed by atoms with van der Waals surface area (Å²) in [6.07, 6.45) is 0. The van der Waals surface area contributed by atoms with Gasteiger partial charge in [-0.15, -0.1) is 0 Å². The van der Waals surface area contributed by atoms with E-state index >= 15 is 0 Å². The molecule has 7 nitrogen and oxygen atoms in total. The van der Waals surface area contributed by atoms with Gasteiger partial charge in [0.25, 0.3) is 11.8 Å². The quantitative estimate of drug-likeness (QED) is 0.587. The minimum absolute atomic E-state index is 0.0904. The molecule has 4 rings (SSSR count). The summed E-state index contributed by atoms with van der Waals surface area (Å²) < 4.78 is 5.25. The van der Waals surface area contributed by atoms with Gasteiger partial charge < -0.3 is 4.74 Å². The van der Waals surface area contributed by atoms with E-state index in [2.05, 4.69) is 0 Å². The van der Waals surface area contributed by atoms with Crippen molar-refractivity contribution in [1.29, 1.82) is 0 Å². The number of anilines is 2. The highest BCUT2D eigenvalue weighted by Crippen LogP contribution is 2.47. The normalized spacial score (nSPS) is 26.1. The van der Waals surface area contributed by atoms with Crippen LogP contribution >= 0.6 is 0 Å². The predicted octanol–water partition coefficient (Wildman–Crippen LogP) is 1.96. The molecule has 2 heterocycles. The molecule has 2 aliphatic rings. The number of carbonyl (C=O) groups is 4. The number of amides is 2. The van der Waals surface area contributed by atoms with E-state index in [1.54, 1.807) is 67.6 Å². The second-order valence-corrected chi connectivity index (χ2v) is 7.17. The molecule has 148 valence electrons. The Kier molecular flexibility index (Phi) is 4.45. The van der Waals surface area contributed by atoms with Gasteiger partial charge in [0.05, 0.1) is 12.5 Å². The van der Waals surface area contributed by atoms with Gasteiger partial charge in [-0.05, 0) is 38.1 Å². The molecule has 2 aliphatic heterocycles. The second kappa shape index (κ2) is 6.84. The lowest BCUT2D eigenvalue weighted by atomic mass is 9.82. The number of fused-ring (bicyclic) bond motifs is 1. The molecule has 0 aliphatic carbocycles. The molecule has 7 heteroatoms. The van der Waals surface area contributed by atoms with Crippen molar-refractivity contribution in [1.82, 2.24) is 0 Å². The molecule has 0 spiro atoms. The zero-order chi connectivity index (χ0) is 20.8. The van der Waals surface area contributed by atoms with E-state index in [0.717, 1.165) is 0 Å². The van der Waals surface area contributed by atoms with Crippen molar-refractivity contribution < 1.29 is 23.9 Å². The number of para-hydroxylation sites is 2. The molecular weight excluding hydrogens is 372 g/mol. The Morgan fingerprint density at radius 3 is 2.07 bits per heavy atom. The number of esters is 1. The standard InChI is InChI=1S/C22H20N2O5/c1-3-29-21(28)22(2)16-17(19(26)24(22)15-12-8-5-9-13-15)23(20(27)18(16)25)14-10-6-4-7-11-14/h4-13,16-17H,3H2,1-2H3. The van der Waals surface area contributed by atoms with Crippen LogP contribution in [0.2, 0.25) is 0 Å². The molecule has 2 aromatic rings. The first-order valence-corrected chi connectivity index (χ1v) is 9.41. The number of carbonyl (C=O) groups excluding carboxylic acids is 4. The lowest BCUT2D eigenvalue weighted by Gasteiger charge is -2.35. The van der Waals surface area contributed by atoms with E-state index < -0.39 is 41.1 Å². The zero-order valence-electron chi connectivity index (χ0n) is 16.1. The van der Waals surface area contributed by atoms with Crippen molar-refractivity contribution in [3.8, 4) is 0 Å². The molecule has 29 heavy (non-hydrogen) atoms. The maximum atomic E-state index is 13.6. The van der Waals surface area contributed by atoms with Crippen LogP contribution in [0.15, 0.2) is 60.7 Å². The number of benzene rings is 2. The Morgan fingerprint density at radius 2 is 1.52 bits per heavy atom. The highest BCUT2D eigenvalue weighted by atomic mass is 16.5. The minimum atomic E-state index is -1.63. The SMILES string of the molecule is CCOC(=O)C1(C)C2C(=O)C(=O)N(c3ccccc3)C2C(=O)N1c1ccccc1. The van der Waals surface area contributed by atoms with Gasteiger partial charge >= 0.3 is 5.97 Å². The van der Waals surface area contributed by atoms with Crippen molar-refractivity contribution in [3.05, 3.63) is 60.7 Å². The minimum Gasteiger partial charge on any atom is -0.464 e. The molecule has 2 amide bonds. The van der Waals surface area contributed by atoms with Gasteiger partial charge in [-0.25, -0.2) is 4.79 Å². The number of rotatable bonds is 4. The van der Waals surface area contributed by atoms with E-state index in [9.17, 15) is 19.2 Å². The van der Waals surface area contributed by atoms with Crippen molar-refractivity contribution >= 4 is 34.9 Å². The summed E-state index contributed by atoms with van der Waals surface area (Å²) in [6, 6.07) is 16.1. The Labute approximate surface area is 167 Å². The number of nitrogens with zero attached hydrogens (tertiary/aromatic N) is 2. The van der Waals surface area contributed by atoms with Gasteiger partial charge in [0.15, 0.2) is 5.54 Å². The van der Waals surface area contributed by atoms with Crippen molar-refractivity contribution in [2.75, 3.05) is 16.4 Å². The van der Waals surface area contributed by atoms with Crippen LogP contribution in [0.3, 0.4) is 0 Å². The molecule has 3 atom stereocenters. The van der Waals surface area contributed by atoms with E-state index in [1.807, 2.05) is 0 Å². The lowest BCUT2D eigenvalue weighted by molar-refractivity contribution is -0.152. The maximum Gasteiger partial charge on any atom is 0.333 e. The van der Waals surface area contributed by atoms with Gasteiger partial charge in [0, 0.05) is 11.4 Å². The lowest BCUT2D eigenvalue weighted by Crippen LogP contribution is -2.56. The Balaban J connectivity index is 1.90. The van der Waals surface area contributed by atoms with Crippen molar-refractivity contribution in [2.24, 2.45) is 5.92 Å². The topological polar surface area (TPSA) is 84.0 Å². The van der Waals surface area contributed by atoms with Crippen LogP contribution in [0.5, 0.6) is 0 Å². The summed E-state index contributed by atoms with van der Waals surface area (Å²) in [4.78, 5) is 55.0. The van der Waals surface area contributed by atoms with Crippen LogP contribution in [0.25, 0.3) is 0 Å². The number of hydrogen-bond acceptors (Lipinski definition) is 5. The molecule has 3 unspecified atom stereocenters. The fourth-order valence-corrected chi connectivity index (χ4v) is 4.32. The van der Waals surface area contributed by atoms with Crippen molar-refractivity contribution in [2.45, 2.75) is 25.4 Å². The van der Waals surface area contributed by atoms with Crippen LogP contribution < -0.4 is 9.80 Å². The van der Waals surface area contributed by atoms with Gasteiger partial charge in [0.2, 0.25) is 5.78 Å². The van der Waals surface area contributed by atoms with E-state index in [-0.39, 0.29) is 6.61 Å². The van der Waals surface area contributed by atoms with Gasteiger partial charge in [0.1, 0.15) is 6.04 Å². The Hall–Kier alpha value is -3.48. The van der Waals surface area contributed by atoms with E-state index in [1.165, 1.54) is 16.7 Å². The summed E-state index contributed by atoms with van der Waals surface area (Å²) in [6.45, 7) is 3.24. The molecule has 2 aromatic carbocycles. The fraction of sp³-hybridized carbons (Fsp3) is 0.273. The Bertz CT molecular complexity index is 991. The average Bonchev–Trinajstić information content (AvgIpc) is 3.13. The van der Waals surface area contributed by atoms with Gasteiger partial charge in [-0.2, -0.15) is 0 Å². The molecule has 0 bridgehead atoms. The third-order valence-corrected chi connectivity index (χ3v) is 5.59. The molecule has 0 saturated carbocycles. The zero-order valence-corrected chi connectivity index (χ0v) is 16.1. The number of ether oxygens (including phenoxy) is 1. The molecule has 2 fully saturated rings. The molecule has 0 radical (unpaired) electrons. The van der Waals surface area contributed by atoms with Crippen LogP contribution in [0, 0.1) is 5.92 Å². The second-order valence-electron chi connectivity index (χ2n) is 7.17. The van der Waals surface area contributed by atoms with Crippen LogP contribution in [-0.2, 0) is 23.9 Å².